The van der Waals surface area contributed by atoms with Gasteiger partial charge >= 0.3 is 0 Å². The van der Waals surface area contributed by atoms with Gasteiger partial charge < -0.3 is 9.80 Å². The van der Waals surface area contributed by atoms with E-state index >= 15 is 0 Å². The third-order valence-corrected chi connectivity index (χ3v) is 5.61. The maximum absolute atomic E-state index is 12.3. The van der Waals surface area contributed by atoms with E-state index in [-0.39, 0.29) is 11.3 Å². The first-order valence-corrected chi connectivity index (χ1v) is 9.34. The van der Waals surface area contributed by atoms with Gasteiger partial charge in [-0.15, -0.1) is 10.2 Å². The van der Waals surface area contributed by atoms with Gasteiger partial charge in [-0.25, -0.2) is 0 Å². The van der Waals surface area contributed by atoms with Gasteiger partial charge in [0.1, 0.15) is 5.01 Å². The highest BCUT2D eigenvalue weighted by Gasteiger charge is 2.28. The molecule has 0 unspecified atom stereocenters. The predicted molar refractivity (Wildman–Crippen MR) is 96.0 cm³/mol. The summed E-state index contributed by atoms with van der Waals surface area (Å²) < 4.78 is 0. The summed E-state index contributed by atoms with van der Waals surface area (Å²) in [7, 11) is 1.93. The molecule has 1 aliphatic heterocycles. The molecule has 5 nitrogen and oxygen atoms in total. The van der Waals surface area contributed by atoms with Crippen molar-refractivity contribution in [2.24, 2.45) is 11.3 Å². The molecule has 2 heterocycles. The first kappa shape index (κ1) is 18.2. The molecular weight excluding hydrogens is 308 g/mol. The van der Waals surface area contributed by atoms with Gasteiger partial charge in [-0.2, -0.15) is 0 Å². The Labute approximate surface area is 144 Å². The number of carbonyl (C=O) groups is 1. The fraction of sp³-hybridized carbons (Fsp3) is 0.824. The Morgan fingerprint density at radius 2 is 1.91 bits per heavy atom. The minimum atomic E-state index is -0.296. The van der Waals surface area contributed by atoms with Crippen LogP contribution in [0.1, 0.15) is 58.4 Å². The lowest BCUT2D eigenvalue weighted by Crippen LogP contribution is -2.42. The van der Waals surface area contributed by atoms with Gasteiger partial charge in [-0.05, 0) is 18.8 Å². The van der Waals surface area contributed by atoms with Crippen molar-refractivity contribution in [3.05, 3.63) is 5.01 Å². The van der Waals surface area contributed by atoms with E-state index in [0.717, 1.165) is 42.6 Å². The maximum atomic E-state index is 12.3. The molecule has 0 N–H and O–H groups in total. The minimum absolute atomic E-state index is 0.227. The first-order chi connectivity index (χ1) is 10.7. The second-order valence-corrected chi connectivity index (χ2v) is 8.93. The molecule has 6 heteroatoms. The molecule has 23 heavy (non-hydrogen) atoms. The van der Waals surface area contributed by atoms with E-state index in [4.69, 9.17) is 0 Å². The largest absolute Gasteiger partial charge is 0.347 e. The second-order valence-electron chi connectivity index (χ2n) is 7.94. The number of rotatable bonds is 4. The Kier molecular flexibility index (Phi) is 5.65. The zero-order chi connectivity index (χ0) is 17.2. The fourth-order valence-electron chi connectivity index (χ4n) is 2.94. The van der Waals surface area contributed by atoms with E-state index < -0.39 is 0 Å². The van der Waals surface area contributed by atoms with Gasteiger partial charge in [-0.3, -0.25) is 4.79 Å². The summed E-state index contributed by atoms with van der Waals surface area (Å²) in [6, 6.07) is 0. The lowest BCUT2D eigenvalue weighted by atomic mass is 9.92. The van der Waals surface area contributed by atoms with Crippen LogP contribution in [-0.4, -0.2) is 47.7 Å². The summed E-state index contributed by atoms with van der Waals surface area (Å²) in [6.45, 7) is 13.1. The number of nitrogens with zero attached hydrogens (tertiary/aromatic N) is 4. The van der Waals surface area contributed by atoms with E-state index in [2.05, 4.69) is 28.9 Å². The third-order valence-electron chi connectivity index (χ3n) is 4.33. The van der Waals surface area contributed by atoms with Gasteiger partial charge in [0, 0.05) is 38.0 Å². The zero-order valence-electron chi connectivity index (χ0n) is 15.3. The van der Waals surface area contributed by atoms with Crippen LogP contribution in [0.25, 0.3) is 0 Å². The normalized spacial score (nSPS) is 16.9. The molecule has 0 spiro atoms. The summed E-state index contributed by atoms with van der Waals surface area (Å²) in [5.74, 6) is 1.25. The van der Waals surface area contributed by atoms with E-state index in [1.54, 1.807) is 11.3 Å². The quantitative estimate of drug-likeness (QED) is 0.844. The monoisotopic (exact) mass is 338 g/mol. The average molecular weight is 339 g/mol. The van der Waals surface area contributed by atoms with Crippen LogP contribution in [0.4, 0.5) is 5.13 Å². The fourth-order valence-corrected chi connectivity index (χ4v) is 3.83. The van der Waals surface area contributed by atoms with Crippen molar-refractivity contribution >= 4 is 22.4 Å². The van der Waals surface area contributed by atoms with Gasteiger partial charge in [0.25, 0.3) is 0 Å². The summed E-state index contributed by atoms with van der Waals surface area (Å²) in [4.78, 5) is 16.5. The lowest BCUT2D eigenvalue weighted by Gasteiger charge is -2.35. The number of amides is 1. The molecule has 2 rings (SSSR count). The molecule has 1 aliphatic rings. The van der Waals surface area contributed by atoms with Crippen LogP contribution in [-0.2, 0) is 4.79 Å². The van der Waals surface area contributed by atoms with Crippen molar-refractivity contribution in [2.75, 3.05) is 31.6 Å². The molecule has 1 aromatic heterocycles. The van der Waals surface area contributed by atoms with E-state index in [1.165, 1.54) is 0 Å². The van der Waals surface area contributed by atoms with Crippen LogP contribution in [0.15, 0.2) is 0 Å². The highest BCUT2D eigenvalue weighted by molar-refractivity contribution is 7.15. The number of hydrogen-bond donors (Lipinski definition) is 0. The lowest BCUT2D eigenvalue weighted by molar-refractivity contribution is -0.138. The topological polar surface area (TPSA) is 49.3 Å². The highest BCUT2D eigenvalue weighted by atomic mass is 32.1. The molecule has 1 saturated heterocycles. The predicted octanol–water partition coefficient (Wildman–Crippen LogP) is 3.38. The standard InChI is InChI=1S/C17H30N4OS/c1-12(2)14-18-19-16(23-14)21-9-7-13(8-10-21)11-20(6)15(22)17(3,4)5/h12-13H,7-11H2,1-6H3. The molecule has 0 atom stereocenters. The highest BCUT2D eigenvalue weighted by Crippen LogP contribution is 2.29. The second kappa shape index (κ2) is 7.16. The smallest absolute Gasteiger partial charge is 0.227 e. The third kappa shape index (κ3) is 4.66. The molecule has 0 bridgehead atoms. The van der Waals surface area contributed by atoms with Crippen LogP contribution < -0.4 is 4.90 Å². The summed E-state index contributed by atoms with van der Waals surface area (Å²) in [6.07, 6.45) is 2.22. The molecule has 1 fully saturated rings. The van der Waals surface area contributed by atoms with Crippen molar-refractivity contribution in [1.82, 2.24) is 15.1 Å². The Bertz CT molecular complexity index is 527. The average Bonchev–Trinajstić information content (AvgIpc) is 2.96. The molecule has 1 aromatic rings. The van der Waals surface area contributed by atoms with Crippen LogP contribution in [0.5, 0.6) is 0 Å². The van der Waals surface area contributed by atoms with Gasteiger partial charge in [0.05, 0.1) is 0 Å². The van der Waals surface area contributed by atoms with E-state index in [9.17, 15) is 4.79 Å². The van der Waals surface area contributed by atoms with Crippen molar-refractivity contribution < 1.29 is 4.79 Å². The van der Waals surface area contributed by atoms with Crippen LogP contribution >= 0.6 is 11.3 Å². The number of carbonyl (C=O) groups excluding carboxylic acids is 1. The SMILES string of the molecule is CC(C)c1nnc(N2CCC(CN(C)C(=O)C(C)(C)C)CC2)s1. The molecular formula is C17H30N4OS. The number of aromatic nitrogens is 2. The maximum Gasteiger partial charge on any atom is 0.227 e. The van der Waals surface area contributed by atoms with Crippen LogP contribution in [0.3, 0.4) is 0 Å². The van der Waals surface area contributed by atoms with Gasteiger partial charge in [0.15, 0.2) is 0 Å². The van der Waals surface area contributed by atoms with Crippen molar-refractivity contribution in [2.45, 2.75) is 53.4 Å². The van der Waals surface area contributed by atoms with Crippen molar-refractivity contribution in [3.8, 4) is 0 Å². The molecule has 0 aliphatic carbocycles. The van der Waals surface area contributed by atoms with Crippen LogP contribution in [0, 0.1) is 11.3 Å². The van der Waals surface area contributed by atoms with Gasteiger partial charge in [-0.1, -0.05) is 46.0 Å². The van der Waals surface area contributed by atoms with E-state index in [1.807, 2.05) is 32.7 Å². The zero-order valence-corrected chi connectivity index (χ0v) is 16.1. The molecule has 1 amide bonds. The Morgan fingerprint density at radius 3 is 2.39 bits per heavy atom. The van der Waals surface area contributed by atoms with E-state index in [0.29, 0.717) is 11.8 Å². The molecule has 0 aromatic carbocycles. The Balaban J connectivity index is 1.85. The summed E-state index contributed by atoms with van der Waals surface area (Å²) >= 11 is 1.71. The number of piperidine rings is 1. The number of hydrogen-bond acceptors (Lipinski definition) is 5. The first-order valence-electron chi connectivity index (χ1n) is 8.52. The minimum Gasteiger partial charge on any atom is -0.347 e. The van der Waals surface area contributed by atoms with Crippen molar-refractivity contribution in [1.29, 1.82) is 0 Å². The summed E-state index contributed by atoms with van der Waals surface area (Å²) in [5, 5.41) is 10.8. The molecule has 130 valence electrons. The Hall–Kier alpha value is -1.17. The molecule has 0 saturated carbocycles. The molecule has 0 radical (unpaired) electrons. The Morgan fingerprint density at radius 1 is 1.30 bits per heavy atom. The number of anilines is 1. The summed E-state index contributed by atoms with van der Waals surface area (Å²) in [5.41, 5.74) is -0.296. The van der Waals surface area contributed by atoms with Crippen LogP contribution in [0.2, 0.25) is 0 Å². The van der Waals surface area contributed by atoms with Gasteiger partial charge in [0.2, 0.25) is 11.0 Å². The van der Waals surface area contributed by atoms with Crippen molar-refractivity contribution in [3.63, 3.8) is 0 Å².